The molecule has 6 nitrogen and oxygen atoms in total. The first-order chi connectivity index (χ1) is 15.5. The second kappa shape index (κ2) is 9.82. The number of benzene rings is 2. The van der Waals surface area contributed by atoms with Crippen molar-refractivity contribution in [2.45, 2.75) is 45.8 Å². The van der Waals surface area contributed by atoms with Gasteiger partial charge < -0.3 is 19.5 Å². The minimum atomic E-state index is -3.29. The maximum absolute atomic E-state index is 14.9. The first-order valence-corrected chi connectivity index (χ1v) is 10.5. The van der Waals surface area contributed by atoms with Gasteiger partial charge in [0.2, 0.25) is 0 Å². The number of ether oxygens (including phenoxy) is 3. The Balaban J connectivity index is 2.04. The average Bonchev–Trinajstić information content (AvgIpc) is 2.73. The predicted octanol–water partition coefficient (Wildman–Crippen LogP) is 5.78. The lowest BCUT2D eigenvalue weighted by Gasteiger charge is -2.21. The lowest BCUT2D eigenvalue weighted by atomic mass is 10.0. The van der Waals surface area contributed by atoms with E-state index in [1.807, 2.05) is 6.92 Å². The molecule has 1 N–H and O–H groups in total. The van der Waals surface area contributed by atoms with Crippen LogP contribution in [-0.4, -0.2) is 36.9 Å². The molecular formula is C24H28F3N3O3. The highest BCUT2D eigenvalue weighted by molar-refractivity contribution is 5.92. The minimum absolute atomic E-state index is 0.108. The summed E-state index contributed by atoms with van der Waals surface area (Å²) < 4.78 is 59.0. The molecule has 2 aromatic carbocycles. The number of anilines is 1. The number of halogens is 3. The van der Waals surface area contributed by atoms with E-state index in [0.29, 0.717) is 47.6 Å². The van der Waals surface area contributed by atoms with Crippen molar-refractivity contribution in [2.24, 2.45) is 0 Å². The zero-order chi connectivity index (χ0) is 24.3. The number of methoxy groups -OCH3 is 2. The zero-order valence-electron chi connectivity index (χ0n) is 19.5. The van der Waals surface area contributed by atoms with Gasteiger partial charge in [0.1, 0.15) is 23.6 Å². The molecule has 0 aliphatic rings. The Kier molecular flexibility index (Phi) is 7.31. The van der Waals surface area contributed by atoms with Gasteiger partial charge in [-0.2, -0.15) is 0 Å². The summed E-state index contributed by atoms with van der Waals surface area (Å²) in [5.41, 5.74) is 0.0529. The molecule has 3 aromatic rings. The number of hydrogen-bond acceptors (Lipinski definition) is 6. The van der Waals surface area contributed by atoms with Crippen LogP contribution in [0, 0.1) is 12.7 Å². The van der Waals surface area contributed by atoms with Crippen LogP contribution in [0.25, 0.3) is 10.9 Å². The fourth-order valence-corrected chi connectivity index (χ4v) is 3.61. The number of nitrogens with one attached hydrogen (secondary N) is 1. The summed E-state index contributed by atoms with van der Waals surface area (Å²) in [6, 6.07) is 6.80. The highest BCUT2D eigenvalue weighted by atomic mass is 19.3. The van der Waals surface area contributed by atoms with Gasteiger partial charge in [-0.25, -0.2) is 23.1 Å². The number of aromatic nitrogens is 2. The average molecular weight is 464 g/mol. The molecule has 0 spiro atoms. The molecule has 2 atom stereocenters. The third-order valence-corrected chi connectivity index (χ3v) is 5.14. The van der Waals surface area contributed by atoms with Crippen molar-refractivity contribution >= 4 is 16.7 Å². The SMILES string of the molecule is COC[C@@H](C)Oc1cc2c(N[C@H](C)c3cccc(C(C)(F)F)c3F)nc(C)nc2cc1OC. The molecule has 9 heteroatoms. The minimum Gasteiger partial charge on any atom is -0.493 e. The molecule has 1 aromatic heterocycles. The zero-order valence-corrected chi connectivity index (χ0v) is 19.5. The first-order valence-electron chi connectivity index (χ1n) is 10.5. The van der Waals surface area contributed by atoms with E-state index in [1.54, 1.807) is 33.1 Å². The fourth-order valence-electron chi connectivity index (χ4n) is 3.61. The molecule has 178 valence electrons. The summed E-state index contributed by atoms with van der Waals surface area (Å²) in [6.45, 7) is 6.32. The van der Waals surface area contributed by atoms with Crippen LogP contribution in [0.5, 0.6) is 11.5 Å². The van der Waals surface area contributed by atoms with Gasteiger partial charge in [-0.3, -0.25) is 0 Å². The van der Waals surface area contributed by atoms with E-state index in [0.717, 1.165) is 6.07 Å². The monoisotopic (exact) mass is 463 g/mol. The van der Waals surface area contributed by atoms with Gasteiger partial charge in [-0.1, -0.05) is 18.2 Å². The molecule has 0 saturated heterocycles. The lowest BCUT2D eigenvalue weighted by molar-refractivity contribution is 0.0136. The highest BCUT2D eigenvalue weighted by Crippen LogP contribution is 2.37. The third kappa shape index (κ3) is 5.47. The van der Waals surface area contributed by atoms with Crippen LogP contribution in [0.15, 0.2) is 30.3 Å². The standard InChI is InChI=1S/C24H28F3N3O3/c1-13(12-31-5)33-21-10-17-19(11-20(21)32-6)29-15(3)30-23(17)28-14(2)16-8-7-9-18(22(16)25)24(4,26)27/h7-11,13-14H,12H2,1-6H3,(H,28,29,30)/t13-,14-/m1/s1. The van der Waals surface area contributed by atoms with Crippen molar-refractivity contribution in [3.8, 4) is 11.5 Å². The normalized spacial score (nSPS) is 13.6. The maximum Gasteiger partial charge on any atom is 0.273 e. The van der Waals surface area contributed by atoms with Gasteiger partial charge >= 0.3 is 0 Å². The molecule has 33 heavy (non-hydrogen) atoms. The Labute approximate surface area is 191 Å². The van der Waals surface area contributed by atoms with Crippen molar-refractivity contribution in [1.82, 2.24) is 9.97 Å². The van der Waals surface area contributed by atoms with E-state index in [9.17, 15) is 13.2 Å². The van der Waals surface area contributed by atoms with Crippen molar-refractivity contribution in [3.63, 3.8) is 0 Å². The topological polar surface area (TPSA) is 65.5 Å². The number of hydrogen-bond donors (Lipinski definition) is 1. The van der Waals surface area contributed by atoms with E-state index < -0.39 is 23.3 Å². The van der Waals surface area contributed by atoms with Crippen LogP contribution in [-0.2, 0) is 10.7 Å². The number of aryl methyl sites for hydroxylation is 1. The summed E-state index contributed by atoms with van der Waals surface area (Å²) in [6.07, 6.45) is -0.240. The van der Waals surface area contributed by atoms with Gasteiger partial charge in [0, 0.05) is 31.0 Å². The Morgan fingerprint density at radius 3 is 2.45 bits per heavy atom. The number of alkyl halides is 2. The van der Waals surface area contributed by atoms with Gasteiger partial charge in [0.05, 0.1) is 30.8 Å². The fraction of sp³-hybridized carbons (Fsp3) is 0.417. The molecule has 1 heterocycles. The van der Waals surface area contributed by atoms with E-state index in [-0.39, 0.29) is 11.7 Å². The molecule has 0 aliphatic carbocycles. The lowest BCUT2D eigenvalue weighted by Crippen LogP contribution is -2.18. The Morgan fingerprint density at radius 2 is 1.82 bits per heavy atom. The van der Waals surface area contributed by atoms with Crippen LogP contribution >= 0.6 is 0 Å². The quantitative estimate of drug-likeness (QED) is 0.434. The smallest absolute Gasteiger partial charge is 0.273 e. The van der Waals surface area contributed by atoms with Crippen LogP contribution in [0.2, 0.25) is 0 Å². The van der Waals surface area contributed by atoms with Gasteiger partial charge in [0.15, 0.2) is 11.5 Å². The summed E-state index contributed by atoms with van der Waals surface area (Å²) in [4.78, 5) is 8.93. The highest BCUT2D eigenvalue weighted by Gasteiger charge is 2.30. The molecule has 3 rings (SSSR count). The van der Waals surface area contributed by atoms with E-state index in [1.165, 1.54) is 19.2 Å². The number of nitrogens with zero attached hydrogens (tertiary/aromatic N) is 2. The summed E-state index contributed by atoms with van der Waals surface area (Å²) in [7, 11) is 3.11. The summed E-state index contributed by atoms with van der Waals surface area (Å²) in [5, 5.41) is 3.76. The summed E-state index contributed by atoms with van der Waals surface area (Å²) >= 11 is 0. The molecule has 0 amide bonds. The maximum atomic E-state index is 14.9. The van der Waals surface area contributed by atoms with Gasteiger partial charge in [-0.05, 0) is 26.8 Å². The van der Waals surface area contributed by atoms with Crippen molar-refractivity contribution in [1.29, 1.82) is 0 Å². The Bertz CT molecular complexity index is 1140. The van der Waals surface area contributed by atoms with Crippen molar-refractivity contribution < 1.29 is 27.4 Å². The van der Waals surface area contributed by atoms with E-state index in [2.05, 4.69) is 15.3 Å². The van der Waals surface area contributed by atoms with Crippen LogP contribution in [0.1, 0.15) is 43.8 Å². The van der Waals surface area contributed by atoms with Gasteiger partial charge in [0.25, 0.3) is 5.92 Å². The number of rotatable bonds is 9. The van der Waals surface area contributed by atoms with E-state index in [4.69, 9.17) is 14.2 Å². The molecule has 0 saturated carbocycles. The second-order valence-corrected chi connectivity index (χ2v) is 7.99. The van der Waals surface area contributed by atoms with Crippen molar-refractivity contribution in [3.05, 3.63) is 53.1 Å². The molecule has 0 unspecified atom stereocenters. The molecule has 0 bridgehead atoms. The van der Waals surface area contributed by atoms with Crippen LogP contribution in [0.4, 0.5) is 19.0 Å². The largest absolute Gasteiger partial charge is 0.493 e. The van der Waals surface area contributed by atoms with Crippen molar-refractivity contribution in [2.75, 3.05) is 26.1 Å². The molecular weight excluding hydrogens is 435 g/mol. The second-order valence-electron chi connectivity index (χ2n) is 7.99. The Morgan fingerprint density at radius 1 is 1.09 bits per heavy atom. The van der Waals surface area contributed by atoms with E-state index >= 15 is 0 Å². The molecule has 0 fully saturated rings. The predicted molar refractivity (Wildman–Crippen MR) is 121 cm³/mol. The third-order valence-electron chi connectivity index (χ3n) is 5.14. The molecule has 0 radical (unpaired) electrons. The Hall–Kier alpha value is -3.07. The first kappa shape index (κ1) is 24.6. The van der Waals surface area contributed by atoms with Crippen LogP contribution in [0.3, 0.4) is 0 Å². The van der Waals surface area contributed by atoms with Gasteiger partial charge in [-0.15, -0.1) is 0 Å². The summed E-state index contributed by atoms with van der Waals surface area (Å²) in [5.74, 6) is -2.37. The van der Waals surface area contributed by atoms with Crippen LogP contribution < -0.4 is 14.8 Å². The molecule has 0 aliphatic heterocycles. The number of fused-ring (bicyclic) bond motifs is 1.